The minimum atomic E-state index is -4.04. The van der Waals surface area contributed by atoms with Crippen molar-refractivity contribution in [1.29, 1.82) is 0 Å². The Hall–Kier alpha value is -2.48. The third kappa shape index (κ3) is 2.52. The standard InChI is InChI=1S/C11H10N4O3S/c12-9-2-4-10(5-3-9)19(17,18)15(8-16)11-13-6-1-7-14-11/h1-8H,12H2. The summed E-state index contributed by atoms with van der Waals surface area (Å²) in [6.07, 6.45) is 2.84. The van der Waals surface area contributed by atoms with Crippen molar-refractivity contribution in [2.75, 3.05) is 10.0 Å². The van der Waals surface area contributed by atoms with E-state index in [2.05, 4.69) is 9.97 Å². The number of rotatable bonds is 4. The molecule has 0 fully saturated rings. The van der Waals surface area contributed by atoms with Gasteiger partial charge in [0.1, 0.15) is 0 Å². The van der Waals surface area contributed by atoms with Gasteiger partial charge < -0.3 is 5.73 Å². The maximum atomic E-state index is 12.2. The van der Waals surface area contributed by atoms with Gasteiger partial charge in [0, 0.05) is 18.1 Å². The van der Waals surface area contributed by atoms with Crippen LogP contribution in [0.5, 0.6) is 0 Å². The topological polar surface area (TPSA) is 106 Å². The molecule has 0 unspecified atom stereocenters. The van der Waals surface area contributed by atoms with Gasteiger partial charge in [-0.1, -0.05) is 0 Å². The van der Waals surface area contributed by atoms with E-state index in [-0.39, 0.29) is 17.3 Å². The summed E-state index contributed by atoms with van der Waals surface area (Å²) in [6, 6.07) is 7.00. The zero-order valence-electron chi connectivity index (χ0n) is 9.67. The third-order valence-corrected chi connectivity index (χ3v) is 3.92. The van der Waals surface area contributed by atoms with Crippen molar-refractivity contribution in [1.82, 2.24) is 9.97 Å². The van der Waals surface area contributed by atoms with Crippen molar-refractivity contribution in [2.24, 2.45) is 0 Å². The van der Waals surface area contributed by atoms with Gasteiger partial charge in [-0.05, 0) is 30.3 Å². The number of nitrogens with zero attached hydrogens (tertiary/aromatic N) is 3. The lowest BCUT2D eigenvalue weighted by Crippen LogP contribution is -2.31. The summed E-state index contributed by atoms with van der Waals surface area (Å²) >= 11 is 0. The van der Waals surface area contributed by atoms with E-state index in [4.69, 9.17) is 5.73 Å². The van der Waals surface area contributed by atoms with Crippen LogP contribution in [0.1, 0.15) is 0 Å². The van der Waals surface area contributed by atoms with E-state index in [0.29, 0.717) is 9.99 Å². The first-order valence-corrected chi connectivity index (χ1v) is 6.62. The molecule has 0 aliphatic heterocycles. The lowest BCUT2D eigenvalue weighted by Gasteiger charge is -2.15. The average Bonchev–Trinajstić information content (AvgIpc) is 2.41. The summed E-state index contributed by atoms with van der Waals surface area (Å²) in [7, 11) is -4.04. The Morgan fingerprint density at radius 2 is 1.68 bits per heavy atom. The Bertz CT molecular complexity index is 671. The second kappa shape index (κ2) is 5.02. The first-order chi connectivity index (χ1) is 9.05. The molecule has 0 spiro atoms. The van der Waals surface area contributed by atoms with E-state index < -0.39 is 10.0 Å². The van der Waals surface area contributed by atoms with E-state index in [1.165, 1.54) is 42.7 Å². The molecular weight excluding hydrogens is 268 g/mol. The van der Waals surface area contributed by atoms with Crippen molar-refractivity contribution in [2.45, 2.75) is 4.90 Å². The van der Waals surface area contributed by atoms with Crippen LogP contribution in [0.4, 0.5) is 11.6 Å². The summed E-state index contributed by atoms with van der Waals surface area (Å²) < 4.78 is 25.0. The average molecular weight is 278 g/mol. The maximum Gasteiger partial charge on any atom is 0.273 e. The van der Waals surface area contributed by atoms with Crippen LogP contribution in [-0.4, -0.2) is 24.8 Å². The Labute approximate surface area is 109 Å². The third-order valence-electron chi connectivity index (χ3n) is 2.28. The van der Waals surface area contributed by atoms with Crippen LogP contribution in [0.3, 0.4) is 0 Å². The molecule has 2 N–H and O–H groups in total. The smallest absolute Gasteiger partial charge is 0.273 e. The molecule has 0 aliphatic rings. The van der Waals surface area contributed by atoms with Gasteiger partial charge in [0.05, 0.1) is 4.90 Å². The first-order valence-electron chi connectivity index (χ1n) is 5.18. The van der Waals surface area contributed by atoms with Crippen LogP contribution in [0.15, 0.2) is 47.6 Å². The van der Waals surface area contributed by atoms with Gasteiger partial charge in [0.15, 0.2) is 0 Å². The fourth-order valence-corrected chi connectivity index (χ4v) is 2.50. The molecule has 0 bridgehead atoms. The number of amides is 1. The van der Waals surface area contributed by atoms with Crippen LogP contribution in [-0.2, 0) is 14.8 Å². The van der Waals surface area contributed by atoms with E-state index in [1.807, 2.05) is 0 Å². The lowest BCUT2D eigenvalue weighted by molar-refractivity contribution is -0.106. The highest BCUT2D eigenvalue weighted by Gasteiger charge is 2.26. The van der Waals surface area contributed by atoms with Gasteiger partial charge in [-0.25, -0.2) is 18.4 Å². The van der Waals surface area contributed by atoms with Crippen LogP contribution in [0, 0.1) is 0 Å². The van der Waals surface area contributed by atoms with Crippen LogP contribution >= 0.6 is 0 Å². The molecule has 1 amide bonds. The largest absolute Gasteiger partial charge is 0.399 e. The quantitative estimate of drug-likeness (QED) is 0.641. The fourth-order valence-electron chi connectivity index (χ4n) is 1.37. The van der Waals surface area contributed by atoms with Crippen molar-refractivity contribution < 1.29 is 13.2 Å². The van der Waals surface area contributed by atoms with Gasteiger partial charge in [-0.3, -0.25) is 4.79 Å². The monoisotopic (exact) mass is 278 g/mol. The predicted octanol–water partition coefficient (Wildman–Crippen LogP) is 0.410. The summed E-state index contributed by atoms with van der Waals surface area (Å²) in [6.45, 7) is 0. The van der Waals surface area contributed by atoms with E-state index in [9.17, 15) is 13.2 Å². The molecule has 1 heterocycles. The highest BCUT2D eigenvalue weighted by molar-refractivity contribution is 7.93. The molecular formula is C11H10N4O3S. The van der Waals surface area contributed by atoms with Crippen molar-refractivity contribution in [3.63, 3.8) is 0 Å². The molecule has 1 aromatic heterocycles. The summed E-state index contributed by atoms with van der Waals surface area (Å²) in [5, 5.41) is 0. The number of nitrogens with two attached hydrogens (primary N) is 1. The van der Waals surface area contributed by atoms with Gasteiger partial charge in [0.25, 0.3) is 10.0 Å². The Balaban J connectivity index is 2.48. The number of sulfonamides is 1. The Morgan fingerprint density at radius 1 is 1.11 bits per heavy atom. The minimum Gasteiger partial charge on any atom is -0.399 e. The molecule has 0 atom stereocenters. The Morgan fingerprint density at radius 3 is 2.21 bits per heavy atom. The van der Waals surface area contributed by atoms with Crippen LogP contribution in [0.25, 0.3) is 0 Å². The lowest BCUT2D eigenvalue weighted by atomic mass is 10.3. The number of nitrogen functional groups attached to an aromatic ring is 1. The molecule has 1 aromatic carbocycles. The number of hydrogen-bond donors (Lipinski definition) is 1. The normalized spacial score (nSPS) is 10.9. The number of carbonyl (C=O) groups excluding carboxylic acids is 1. The predicted molar refractivity (Wildman–Crippen MR) is 68.6 cm³/mol. The molecule has 8 heteroatoms. The first kappa shape index (κ1) is 13.0. The van der Waals surface area contributed by atoms with Crippen molar-refractivity contribution in [3.05, 3.63) is 42.7 Å². The summed E-state index contributed by atoms with van der Waals surface area (Å²) in [5.74, 6) is -0.214. The molecule has 2 aromatic rings. The van der Waals surface area contributed by atoms with E-state index in [1.54, 1.807) is 0 Å². The number of carbonyl (C=O) groups is 1. The number of benzene rings is 1. The maximum absolute atomic E-state index is 12.2. The number of anilines is 2. The SMILES string of the molecule is Nc1ccc(S(=O)(=O)N(C=O)c2ncccn2)cc1. The van der Waals surface area contributed by atoms with Crippen molar-refractivity contribution >= 4 is 28.1 Å². The molecule has 0 aliphatic carbocycles. The summed E-state index contributed by atoms with van der Waals surface area (Å²) in [4.78, 5) is 18.4. The second-order valence-corrected chi connectivity index (χ2v) is 5.34. The number of aromatic nitrogens is 2. The molecule has 7 nitrogen and oxygen atoms in total. The van der Waals surface area contributed by atoms with Gasteiger partial charge in [-0.15, -0.1) is 0 Å². The number of hydrogen-bond acceptors (Lipinski definition) is 6. The van der Waals surface area contributed by atoms with Gasteiger partial charge in [-0.2, -0.15) is 4.31 Å². The molecule has 0 radical (unpaired) electrons. The van der Waals surface area contributed by atoms with E-state index in [0.717, 1.165) is 0 Å². The van der Waals surface area contributed by atoms with Crippen LogP contribution in [0.2, 0.25) is 0 Å². The minimum absolute atomic E-state index is 0.0683. The van der Waals surface area contributed by atoms with Crippen molar-refractivity contribution in [3.8, 4) is 0 Å². The van der Waals surface area contributed by atoms with Gasteiger partial charge in [0.2, 0.25) is 12.4 Å². The van der Waals surface area contributed by atoms with E-state index >= 15 is 0 Å². The van der Waals surface area contributed by atoms with Gasteiger partial charge >= 0.3 is 0 Å². The molecule has 0 saturated heterocycles. The zero-order chi connectivity index (χ0) is 13.9. The zero-order valence-corrected chi connectivity index (χ0v) is 10.5. The Kier molecular flexibility index (Phi) is 3.43. The highest BCUT2D eigenvalue weighted by atomic mass is 32.2. The molecule has 19 heavy (non-hydrogen) atoms. The summed E-state index contributed by atoms with van der Waals surface area (Å²) in [5.41, 5.74) is 5.91. The molecule has 0 saturated carbocycles. The highest BCUT2D eigenvalue weighted by Crippen LogP contribution is 2.19. The van der Waals surface area contributed by atoms with Crippen LogP contribution < -0.4 is 10.0 Å². The fraction of sp³-hybridized carbons (Fsp3) is 0. The second-order valence-electron chi connectivity index (χ2n) is 3.52. The molecule has 2 rings (SSSR count). The molecule has 98 valence electrons.